The molecule has 0 spiro atoms. The average Bonchev–Trinajstić information content (AvgIpc) is 2.48. The Morgan fingerprint density at radius 2 is 1.57 bits per heavy atom. The zero-order valence-corrected chi connectivity index (χ0v) is 11.5. The third kappa shape index (κ3) is 3.60. The van der Waals surface area contributed by atoms with Gasteiger partial charge in [0.1, 0.15) is 11.6 Å². The van der Waals surface area contributed by atoms with Crippen molar-refractivity contribution < 1.29 is 14.6 Å². The number of carbonyl (C=O) groups is 1. The summed E-state index contributed by atoms with van der Waals surface area (Å²) in [7, 11) is 0. The van der Waals surface area contributed by atoms with Crippen LogP contribution in [-0.4, -0.2) is 23.0 Å². The average molecular weight is 284 g/mol. The molecule has 108 valence electrons. The topological polar surface area (TPSA) is 96.4 Å². The molecule has 2 aromatic rings. The molecule has 0 aliphatic carbocycles. The number of benzene rings is 2. The first-order valence-corrected chi connectivity index (χ1v) is 6.41. The Bertz CT molecular complexity index is 648. The smallest absolute Gasteiger partial charge is 0.344 e. The molecule has 2 aromatic carbocycles. The first-order chi connectivity index (χ1) is 9.97. The molecule has 0 heterocycles. The number of hydrogen-bond acceptors (Lipinski definition) is 3. The molecule has 0 radical (unpaired) electrons. The van der Waals surface area contributed by atoms with Gasteiger partial charge in [-0.15, -0.1) is 0 Å². The Labute approximate surface area is 122 Å². The molecule has 1 atom stereocenters. The van der Waals surface area contributed by atoms with E-state index in [0.717, 1.165) is 11.1 Å². The van der Waals surface area contributed by atoms with Gasteiger partial charge in [0.05, 0.1) is 0 Å². The second kappa shape index (κ2) is 6.09. The molecule has 5 nitrogen and oxygen atoms in total. The monoisotopic (exact) mass is 284 g/mol. The van der Waals surface area contributed by atoms with Gasteiger partial charge >= 0.3 is 5.97 Å². The lowest BCUT2D eigenvalue weighted by Gasteiger charge is -2.11. The largest absolute Gasteiger partial charge is 0.479 e. The first-order valence-electron chi connectivity index (χ1n) is 6.41. The highest BCUT2D eigenvalue weighted by Gasteiger charge is 2.12. The summed E-state index contributed by atoms with van der Waals surface area (Å²) in [6.07, 6.45) is -0.884. The summed E-state index contributed by atoms with van der Waals surface area (Å²) < 4.78 is 5.27. The molecule has 1 unspecified atom stereocenters. The van der Waals surface area contributed by atoms with E-state index in [4.69, 9.17) is 21.0 Å². The van der Waals surface area contributed by atoms with Gasteiger partial charge in [0.2, 0.25) is 0 Å². The lowest BCUT2D eigenvalue weighted by Crippen LogP contribution is -2.22. The Kier molecular flexibility index (Phi) is 4.23. The Balaban J connectivity index is 2.15. The van der Waals surface area contributed by atoms with Gasteiger partial charge in [-0.05, 0) is 30.2 Å². The normalized spacial score (nSPS) is 11.7. The molecule has 21 heavy (non-hydrogen) atoms. The number of nitrogen functional groups attached to an aromatic ring is 1. The van der Waals surface area contributed by atoms with Crippen LogP contribution in [0.15, 0.2) is 48.5 Å². The van der Waals surface area contributed by atoms with Gasteiger partial charge in [-0.25, -0.2) is 4.79 Å². The van der Waals surface area contributed by atoms with Crippen LogP contribution in [0.5, 0.6) is 5.75 Å². The molecule has 0 saturated heterocycles. The second-order valence-electron chi connectivity index (χ2n) is 4.61. The van der Waals surface area contributed by atoms with E-state index in [9.17, 15) is 4.79 Å². The van der Waals surface area contributed by atoms with Crippen LogP contribution in [-0.2, 0) is 4.79 Å². The number of amidine groups is 1. The van der Waals surface area contributed by atoms with E-state index < -0.39 is 12.1 Å². The zero-order chi connectivity index (χ0) is 15.4. The Hall–Kier alpha value is -2.82. The van der Waals surface area contributed by atoms with Crippen molar-refractivity contribution in [2.75, 3.05) is 0 Å². The number of carboxylic acid groups (broad SMARTS) is 1. The number of hydrogen-bond donors (Lipinski definition) is 3. The predicted molar refractivity (Wildman–Crippen MR) is 80.6 cm³/mol. The fourth-order valence-electron chi connectivity index (χ4n) is 1.82. The van der Waals surface area contributed by atoms with E-state index in [1.807, 2.05) is 24.3 Å². The van der Waals surface area contributed by atoms with E-state index in [2.05, 4.69) is 0 Å². The third-order valence-electron chi connectivity index (χ3n) is 3.04. The van der Waals surface area contributed by atoms with Crippen molar-refractivity contribution in [3.63, 3.8) is 0 Å². The molecule has 0 fully saturated rings. The highest BCUT2D eigenvalue weighted by atomic mass is 16.5. The van der Waals surface area contributed by atoms with Crippen LogP contribution in [0.4, 0.5) is 0 Å². The second-order valence-corrected chi connectivity index (χ2v) is 4.61. The summed E-state index contributed by atoms with van der Waals surface area (Å²) in [6.45, 7) is 1.48. The SMILES string of the molecule is CC(Oc1ccc(-c2ccc(C(=N)N)cc2)cc1)C(=O)O. The number of aliphatic carboxylic acids is 1. The number of nitrogens with one attached hydrogen (secondary N) is 1. The van der Waals surface area contributed by atoms with Crippen LogP contribution in [0.3, 0.4) is 0 Å². The minimum Gasteiger partial charge on any atom is -0.479 e. The van der Waals surface area contributed by atoms with Crippen molar-refractivity contribution in [1.82, 2.24) is 0 Å². The molecular formula is C16H16N2O3. The maximum absolute atomic E-state index is 10.7. The fourth-order valence-corrected chi connectivity index (χ4v) is 1.82. The summed E-state index contributed by atoms with van der Waals surface area (Å²) in [6, 6.07) is 14.5. The van der Waals surface area contributed by atoms with Gasteiger partial charge in [0.15, 0.2) is 6.10 Å². The van der Waals surface area contributed by atoms with Crippen LogP contribution in [0.1, 0.15) is 12.5 Å². The molecule has 0 aromatic heterocycles. The van der Waals surface area contributed by atoms with E-state index in [0.29, 0.717) is 11.3 Å². The maximum atomic E-state index is 10.7. The molecule has 0 bridgehead atoms. The lowest BCUT2D eigenvalue weighted by molar-refractivity contribution is -0.144. The summed E-state index contributed by atoms with van der Waals surface area (Å²) in [5, 5.41) is 16.1. The standard InChI is InChI=1S/C16H16N2O3/c1-10(16(19)20)21-14-8-6-12(7-9-14)11-2-4-13(5-3-11)15(17)18/h2-10H,1H3,(H3,17,18)(H,19,20). The Morgan fingerprint density at radius 3 is 2.00 bits per heavy atom. The van der Waals surface area contributed by atoms with Crippen LogP contribution < -0.4 is 10.5 Å². The van der Waals surface area contributed by atoms with Gasteiger partial charge in [-0.2, -0.15) is 0 Å². The third-order valence-corrected chi connectivity index (χ3v) is 3.04. The predicted octanol–water partition coefficient (Wildman–Crippen LogP) is 2.49. The summed E-state index contributed by atoms with van der Waals surface area (Å²) in [5.41, 5.74) is 8.04. The number of ether oxygens (including phenoxy) is 1. The van der Waals surface area contributed by atoms with Gasteiger partial charge in [0.25, 0.3) is 0 Å². The molecule has 4 N–H and O–H groups in total. The zero-order valence-electron chi connectivity index (χ0n) is 11.5. The fraction of sp³-hybridized carbons (Fsp3) is 0.125. The van der Waals surface area contributed by atoms with E-state index >= 15 is 0 Å². The Morgan fingerprint density at radius 1 is 1.10 bits per heavy atom. The van der Waals surface area contributed by atoms with Gasteiger partial charge in [0, 0.05) is 5.56 Å². The number of rotatable bonds is 5. The highest BCUT2D eigenvalue weighted by Crippen LogP contribution is 2.23. The number of carboxylic acids is 1. The van der Waals surface area contributed by atoms with Crippen molar-refractivity contribution >= 4 is 11.8 Å². The lowest BCUT2D eigenvalue weighted by atomic mass is 10.0. The van der Waals surface area contributed by atoms with Gasteiger partial charge in [-0.1, -0.05) is 36.4 Å². The summed E-state index contributed by atoms with van der Waals surface area (Å²) >= 11 is 0. The minimum absolute atomic E-state index is 0.0351. The van der Waals surface area contributed by atoms with Crippen molar-refractivity contribution in [1.29, 1.82) is 5.41 Å². The van der Waals surface area contributed by atoms with E-state index in [1.54, 1.807) is 24.3 Å². The maximum Gasteiger partial charge on any atom is 0.344 e. The van der Waals surface area contributed by atoms with Gasteiger partial charge < -0.3 is 15.6 Å². The van der Waals surface area contributed by atoms with Crippen molar-refractivity contribution in [2.45, 2.75) is 13.0 Å². The quantitative estimate of drug-likeness (QED) is 0.580. The van der Waals surface area contributed by atoms with Gasteiger partial charge in [-0.3, -0.25) is 5.41 Å². The molecule has 2 rings (SSSR count). The summed E-state index contributed by atoms with van der Waals surface area (Å²) in [5.74, 6) is -0.458. The van der Waals surface area contributed by atoms with Crippen molar-refractivity contribution in [3.8, 4) is 16.9 Å². The van der Waals surface area contributed by atoms with Crippen LogP contribution in [0, 0.1) is 5.41 Å². The van der Waals surface area contributed by atoms with Crippen LogP contribution in [0.25, 0.3) is 11.1 Å². The van der Waals surface area contributed by atoms with Crippen LogP contribution >= 0.6 is 0 Å². The van der Waals surface area contributed by atoms with Crippen molar-refractivity contribution in [2.24, 2.45) is 5.73 Å². The molecule has 5 heteroatoms. The molecule has 0 aliphatic rings. The van der Waals surface area contributed by atoms with Crippen molar-refractivity contribution in [3.05, 3.63) is 54.1 Å². The molecule has 0 amide bonds. The van der Waals surface area contributed by atoms with E-state index in [-0.39, 0.29) is 5.84 Å². The van der Waals surface area contributed by atoms with Crippen LogP contribution in [0.2, 0.25) is 0 Å². The highest BCUT2D eigenvalue weighted by molar-refractivity contribution is 5.95. The van der Waals surface area contributed by atoms with E-state index in [1.165, 1.54) is 6.92 Å². The molecule has 0 saturated carbocycles. The molecular weight excluding hydrogens is 268 g/mol. The summed E-state index contributed by atoms with van der Waals surface area (Å²) in [4.78, 5) is 10.7. The molecule has 0 aliphatic heterocycles. The first kappa shape index (κ1) is 14.6. The number of nitrogens with two attached hydrogens (primary N) is 1. The minimum atomic E-state index is -1.00.